The predicted octanol–water partition coefficient (Wildman–Crippen LogP) is 7.82. The molecule has 160 valence electrons. The standard InChI is InChI=1S/C26H29N3OS/c1-25(2,3)17-11-7-8-15-21(17)30-23-20(14-10-16-27-23)29-24-28-19-13-9-12-18(22(19)31-24)26(4,5)6/h7-16H,1-6H3,(H,28,29). The van der Waals surface area contributed by atoms with Crippen LogP contribution in [0, 0.1) is 0 Å². The highest BCUT2D eigenvalue weighted by Crippen LogP contribution is 2.39. The van der Waals surface area contributed by atoms with Crippen molar-refractivity contribution in [3.05, 3.63) is 71.9 Å². The molecule has 5 heteroatoms. The molecule has 0 aliphatic carbocycles. The van der Waals surface area contributed by atoms with Crippen molar-refractivity contribution in [2.24, 2.45) is 0 Å². The summed E-state index contributed by atoms with van der Waals surface area (Å²) in [6.45, 7) is 13.2. The van der Waals surface area contributed by atoms with Gasteiger partial charge in [-0.25, -0.2) is 9.97 Å². The fourth-order valence-corrected chi connectivity index (χ4v) is 4.76. The van der Waals surface area contributed by atoms with E-state index in [0.29, 0.717) is 5.88 Å². The van der Waals surface area contributed by atoms with Crippen LogP contribution in [0.4, 0.5) is 10.8 Å². The number of rotatable bonds is 4. The highest BCUT2D eigenvalue weighted by Gasteiger charge is 2.21. The van der Waals surface area contributed by atoms with Gasteiger partial charge in [-0.05, 0) is 40.7 Å². The van der Waals surface area contributed by atoms with Crippen molar-refractivity contribution in [2.45, 2.75) is 52.4 Å². The number of fused-ring (bicyclic) bond motifs is 1. The van der Waals surface area contributed by atoms with Gasteiger partial charge in [0.25, 0.3) is 0 Å². The lowest BCUT2D eigenvalue weighted by molar-refractivity contribution is 0.442. The molecule has 1 N–H and O–H groups in total. The molecule has 0 saturated heterocycles. The van der Waals surface area contributed by atoms with Crippen LogP contribution in [0.3, 0.4) is 0 Å². The molecule has 0 atom stereocenters. The number of nitrogens with zero attached hydrogens (tertiary/aromatic N) is 2. The summed E-state index contributed by atoms with van der Waals surface area (Å²) in [5.41, 5.74) is 4.27. The molecule has 2 aromatic heterocycles. The maximum Gasteiger partial charge on any atom is 0.243 e. The topological polar surface area (TPSA) is 47.0 Å². The minimum Gasteiger partial charge on any atom is -0.437 e. The van der Waals surface area contributed by atoms with E-state index in [-0.39, 0.29) is 10.8 Å². The predicted molar refractivity (Wildman–Crippen MR) is 131 cm³/mol. The number of nitrogens with one attached hydrogen (secondary N) is 1. The monoisotopic (exact) mass is 431 g/mol. The van der Waals surface area contributed by atoms with Gasteiger partial charge < -0.3 is 10.1 Å². The summed E-state index contributed by atoms with van der Waals surface area (Å²) >= 11 is 1.66. The third kappa shape index (κ3) is 4.57. The second kappa shape index (κ2) is 7.97. The molecule has 0 unspecified atom stereocenters. The Morgan fingerprint density at radius 1 is 0.806 bits per heavy atom. The van der Waals surface area contributed by atoms with Gasteiger partial charge in [-0.1, -0.05) is 83.2 Å². The number of thiazole rings is 1. The average molecular weight is 432 g/mol. The van der Waals surface area contributed by atoms with Gasteiger partial charge >= 0.3 is 0 Å². The van der Waals surface area contributed by atoms with E-state index >= 15 is 0 Å². The highest BCUT2D eigenvalue weighted by molar-refractivity contribution is 7.22. The third-order valence-electron chi connectivity index (χ3n) is 5.14. The van der Waals surface area contributed by atoms with E-state index < -0.39 is 0 Å². The van der Waals surface area contributed by atoms with Crippen LogP contribution in [0.25, 0.3) is 10.2 Å². The van der Waals surface area contributed by atoms with E-state index in [9.17, 15) is 0 Å². The van der Waals surface area contributed by atoms with Gasteiger partial charge in [0, 0.05) is 11.8 Å². The molecule has 31 heavy (non-hydrogen) atoms. The Morgan fingerprint density at radius 2 is 1.52 bits per heavy atom. The van der Waals surface area contributed by atoms with E-state index in [1.807, 2.05) is 30.3 Å². The van der Waals surface area contributed by atoms with Crippen molar-refractivity contribution in [1.29, 1.82) is 0 Å². The Labute approximate surface area is 188 Å². The van der Waals surface area contributed by atoms with Crippen molar-refractivity contribution < 1.29 is 4.74 Å². The SMILES string of the molecule is CC(C)(C)c1ccccc1Oc1ncccc1Nc1nc2cccc(C(C)(C)C)c2s1. The zero-order chi connectivity index (χ0) is 22.2. The summed E-state index contributed by atoms with van der Waals surface area (Å²) in [4.78, 5) is 9.31. The van der Waals surface area contributed by atoms with Gasteiger partial charge in [-0.2, -0.15) is 0 Å². The minimum absolute atomic E-state index is 0.0324. The molecule has 0 spiro atoms. The number of hydrogen-bond donors (Lipinski definition) is 1. The summed E-state index contributed by atoms with van der Waals surface area (Å²) < 4.78 is 7.50. The van der Waals surface area contributed by atoms with Crippen LogP contribution >= 0.6 is 11.3 Å². The maximum atomic E-state index is 6.29. The molecule has 0 bridgehead atoms. The van der Waals surface area contributed by atoms with Crippen LogP contribution in [0.5, 0.6) is 11.6 Å². The van der Waals surface area contributed by atoms with Crippen LogP contribution in [0.2, 0.25) is 0 Å². The molecule has 4 rings (SSSR count). The van der Waals surface area contributed by atoms with Gasteiger partial charge in [0.15, 0.2) is 5.13 Å². The van der Waals surface area contributed by atoms with Crippen LogP contribution in [-0.4, -0.2) is 9.97 Å². The number of aromatic nitrogens is 2. The number of benzene rings is 2. The molecule has 2 heterocycles. The molecule has 4 nitrogen and oxygen atoms in total. The number of ether oxygens (including phenoxy) is 1. The summed E-state index contributed by atoms with van der Waals surface area (Å²) in [5, 5.41) is 4.27. The number of para-hydroxylation sites is 1. The quantitative estimate of drug-likeness (QED) is 0.358. The van der Waals surface area contributed by atoms with E-state index in [0.717, 1.165) is 27.6 Å². The molecule has 0 fully saturated rings. The van der Waals surface area contributed by atoms with E-state index in [1.165, 1.54) is 10.3 Å². The molecule has 4 aromatic rings. The van der Waals surface area contributed by atoms with Gasteiger partial charge in [0.2, 0.25) is 5.88 Å². The molecular weight excluding hydrogens is 402 g/mol. The first-order chi connectivity index (χ1) is 14.6. The number of hydrogen-bond acceptors (Lipinski definition) is 5. The van der Waals surface area contributed by atoms with Crippen molar-refractivity contribution in [3.63, 3.8) is 0 Å². The van der Waals surface area contributed by atoms with Crippen LogP contribution in [0.1, 0.15) is 52.7 Å². The lowest BCUT2D eigenvalue weighted by Crippen LogP contribution is -2.12. The van der Waals surface area contributed by atoms with Crippen LogP contribution in [-0.2, 0) is 10.8 Å². The Kier molecular flexibility index (Phi) is 5.48. The smallest absolute Gasteiger partial charge is 0.243 e. The molecule has 0 amide bonds. The first kappa shape index (κ1) is 21.3. The first-order valence-electron chi connectivity index (χ1n) is 10.5. The summed E-state index contributed by atoms with van der Waals surface area (Å²) in [6, 6.07) is 18.3. The van der Waals surface area contributed by atoms with E-state index in [4.69, 9.17) is 9.72 Å². The fraction of sp³-hybridized carbons (Fsp3) is 0.308. The minimum atomic E-state index is -0.0324. The molecule has 2 aromatic carbocycles. The summed E-state index contributed by atoms with van der Waals surface area (Å²) in [6.07, 6.45) is 1.75. The number of anilines is 2. The second-order valence-electron chi connectivity index (χ2n) is 9.75. The Bertz CT molecular complexity index is 1220. The van der Waals surface area contributed by atoms with Gasteiger partial charge in [-0.3, -0.25) is 0 Å². The highest BCUT2D eigenvalue weighted by atomic mass is 32.1. The first-order valence-corrected chi connectivity index (χ1v) is 11.3. The van der Waals surface area contributed by atoms with Crippen LogP contribution in [0.15, 0.2) is 60.8 Å². The number of pyridine rings is 1. The Hall–Kier alpha value is -2.92. The molecular formula is C26H29N3OS. The fourth-order valence-electron chi connectivity index (χ4n) is 3.55. The second-order valence-corrected chi connectivity index (χ2v) is 10.8. The summed E-state index contributed by atoms with van der Waals surface area (Å²) in [7, 11) is 0. The Balaban J connectivity index is 1.68. The molecule has 0 aliphatic heterocycles. The Morgan fingerprint density at radius 3 is 2.26 bits per heavy atom. The van der Waals surface area contributed by atoms with Gasteiger partial charge in [-0.15, -0.1) is 0 Å². The average Bonchev–Trinajstić information content (AvgIpc) is 3.10. The van der Waals surface area contributed by atoms with Gasteiger partial charge in [0.05, 0.1) is 10.2 Å². The van der Waals surface area contributed by atoms with Crippen LogP contribution < -0.4 is 10.1 Å². The zero-order valence-electron chi connectivity index (χ0n) is 19.0. The van der Waals surface area contributed by atoms with Crippen molar-refractivity contribution in [3.8, 4) is 11.6 Å². The van der Waals surface area contributed by atoms with Crippen molar-refractivity contribution >= 4 is 32.4 Å². The van der Waals surface area contributed by atoms with Crippen molar-refractivity contribution in [1.82, 2.24) is 9.97 Å². The lowest BCUT2D eigenvalue weighted by atomic mass is 9.86. The molecule has 0 saturated carbocycles. The maximum absolute atomic E-state index is 6.29. The normalized spacial score (nSPS) is 12.2. The van der Waals surface area contributed by atoms with E-state index in [1.54, 1.807) is 17.5 Å². The molecule has 0 radical (unpaired) electrons. The molecule has 0 aliphatic rings. The van der Waals surface area contributed by atoms with Crippen molar-refractivity contribution in [2.75, 3.05) is 5.32 Å². The third-order valence-corrected chi connectivity index (χ3v) is 6.16. The lowest BCUT2D eigenvalue weighted by Gasteiger charge is -2.22. The largest absolute Gasteiger partial charge is 0.437 e. The zero-order valence-corrected chi connectivity index (χ0v) is 19.8. The summed E-state index contributed by atoms with van der Waals surface area (Å²) in [5.74, 6) is 1.35. The van der Waals surface area contributed by atoms with E-state index in [2.05, 4.69) is 76.1 Å². The van der Waals surface area contributed by atoms with Gasteiger partial charge in [0.1, 0.15) is 11.4 Å².